The average molecular weight is 466 g/mol. The Morgan fingerprint density at radius 2 is 1.84 bits per heavy atom. The Hall–Kier alpha value is -3.29. The average Bonchev–Trinajstić information content (AvgIpc) is 2.76. The molecule has 0 aliphatic rings. The largest absolute Gasteiger partial charge is 0.303 e. The molecule has 0 fully saturated rings. The van der Waals surface area contributed by atoms with Gasteiger partial charge >= 0.3 is 0 Å². The van der Waals surface area contributed by atoms with Gasteiger partial charge in [-0.1, -0.05) is 29.8 Å². The molecule has 0 saturated heterocycles. The number of nitrogens with zero attached hydrogens (tertiary/aromatic N) is 3. The second-order valence-electron chi connectivity index (χ2n) is 7.54. The summed E-state index contributed by atoms with van der Waals surface area (Å²) >= 11 is 6.04. The van der Waals surface area contributed by atoms with E-state index in [0.717, 1.165) is 22.8 Å². The van der Waals surface area contributed by atoms with Crippen LogP contribution in [-0.2, 0) is 16.4 Å². The normalized spacial score (nSPS) is 11.5. The number of amides is 1. The number of hydrogen-bond acceptors (Lipinski definition) is 5. The Bertz CT molecular complexity index is 1420. The van der Waals surface area contributed by atoms with Gasteiger partial charge in [0.2, 0.25) is 0 Å². The van der Waals surface area contributed by atoms with E-state index < -0.39 is 9.84 Å². The number of halogens is 1. The third-order valence-electron chi connectivity index (χ3n) is 5.02. The number of rotatable bonds is 5. The Morgan fingerprint density at radius 1 is 1.06 bits per heavy atom. The maximum Gasteiger partial charge on any atom is 0.260 e. The van der Waals surface area contributed by atoms with Gasteiger partial charge in [0, 0.05) is 24.0 Å². The van der Waals surface area contributed by atoms with Gasteiger partial charge in [-0.05, 0) is 60.5 Å². The summed E-state index contributed by atoms with van der Waals surface area (Å²) in [6.45, 7) is 1.99. The second-order valence-corrected chi connectivity index (χ2v) is 9.91. The molecular weight excluding hydrogens is 446 g/mol. The van der Waals surface area contributed by atoms with Crippen molar-refractivity contribution in [1.82, 2.24) is 9.97 Å². The molecule has 162 valence electrons. The second kappa shape index (κ2) is 8.68. The number of sulfone groups is 1. The highest BCUT2D eigenvalue weighted by Gasteiger charge is 2.25. The van der Waals surface area contributed by atoms with Crippen LogP contribution in [0.2, 0.25) is 5.15 Å². The summed E-state index contributed by atoms with van der Waals surface area (Å²) in [7, 11) is -3.58. The highest BCUT2D eigenvalue weighted by Crippen LogP contribution is 2.30. The number of carbonyl (C=O) groups is 1. The van der Waals surface area contributed by atoms with E-state index >= 15 is 0 Å². The maximum absolute atomic E-state index is 13.5. The van der Waals surface area contributed by atoms with Crippen molar-refractivity contribution >= 4 is 43.9 Å². The standard InChI is InChI=1S/C24H20ClN3O3S/c1-16-5-9-22(32(2,30)31)21(12-16)28(24(29)19-4-3-11-26-14-19)15-17-6-7-18-8-10-23(25)27-20(18)13-17/h3-14H,15H2,1-2H3. The van der Waals surface area contributed by atoms with Crippen LogP contribution in [0.25, 0.3) is 10.9 Å². The first-order chi connectivity index (χ1) is 15.2. The van der Waals surface area contributed by atoms with Crippen LogP contribution < -0.4 is 4.90 Å². The van der Waals surface area contributed by atoms with Crippen LogP contribution in [0, 0.1) is 6.92 Å². The molecule has 2 heterocycles. The highest BCUT2D eigenvalue weighted by molar-refractivity contribution is 7.90. The molecule has 0 radical (unpaired) electrons. The molecule has 6 nitrogen and oxygen atoms in total. The summed E-state index contributed by atoms with van der Waals surface area (Å²) in [6.07, 6.45) is 4.18. The van der Waals surface area contributed by atoms with Gasteiger partial charge in [0.15, 0.2) is 9.84 Å². The molecule has 0 bridgehead atoms. The zero-order valence-electron chi connectivity index (χ0n) is 17.5. The summed E-state index contributed by atoms with van der Waals surface area (Å²) in [5.74, 6) is -0.354. The summed E-state index contributed by atoms with van der Waals surface area (Å²) in [5, 5.41) is 1.28. The first-order valence-corrected chi connectivity index (χ1v) is 12.1. The molecule has 4 rings (SSSR count). The van der Waals surface area contributed by atoms with Crippen molar-refractivity contribution < 1.29 is 13.2 Å². The van der Waals surface area contributed by atoms with Crippen LogP contribution in [0.5, 0.6) is 0 Å². The number of hydrogen-bond donors (Lipinski definition) is 0. The smallest absolute Gasteiger partial charge is 0.260 e. The molecule has 8 heteroatoms. The summed E-state index contributed by atoms with van der Waals surface area (Å²) < 4.78 is 25.0. The van der Waals surface area contributed by atoms with Crippen molar-refractivity contribution in [1.29, 1.82) is 0 Å². The quantitative estimate of drug-likeness (QED) is 0.394. The van der Waals surface area contributed by atoms with Gasteiger partial charge in [-0.25, -0.2) is 13.4 Å². The van der Waals surface area contributed by atoms with Gasteiger partial charge in [0.25, 0.3) is 5.91 Å². The molecule has 2 aromatic heterocycles. The molecule has 0 N–H and O–H groups in total. The van der Waals surface area contributed by atoms with E-state index in [-0.39, 0.29) is 17.3 Å². The van der Waals surface area contributed by atoms with E-state index in [1.807, 2.05) is 31.2 Å². The molecule has 2 aromatic carbocycles. The summed E-state index contributed by atoms with van der Waals surface area (Å²) in [4.78, 5) is 23.4. The number of benzene rings is 2. The fourth-order valence-electron chi connectivity index (χ4n) is 3.48. The minimum atomic E-state index is -3.58. The van der Waals surface area contributed by atoms with E-state index in [2.05, 4.69) is 9.97 Å². The number of aryl methyl sites for hydroxylation is 1. The minimum Gasteiger partial charge on any atom is -0.303 e. The Morgan fingerprint density at radius 3 is 2.56 bits per heavy atom. The van der Waals surface area contributed by atoms with Gasteiger partial charge < -0.3 is 4.90 Å². The predicted octanol–water partition coefficient (Wildman–Crippen LogP) is 4.84. The van der Waals surface area contributed by atoms with Crippen LogP contribution >= 0.6 is 11.6 Å². The van der Waals surface area contributed by atoms with Crippen LogP contribution in [0.4, 0.5) is 5.69 Å². The molecule has 4 aromatic rings. The topological polar surface area (TPSA) is 80.2 Å². The number of pyridine rings is 2. The Balaban J connectivity index is 1.86. The molecule has 1 amide bonds. The van der Waals surface area contributed by atoms with Gasteiger partial charge in [-0.15, -0.1) is 0 Å². The number of carbonyl (C=O) groups excluding carboxylic acids is 1. The monoisotopic (exact) mass is 465 g/mol. The van der Waals surface area contributed by atoms with Gasteiger partial charge in [0.1, 0.15) is 5.15 Å². The maximum atomic E-state index is 13.5. The van der Waals surface area contributed by atoms with Crippen molar-refractivity contribution in [2.75, 3.05) is 11.2 Å². The lowest BCUT2D eigenvalue weighted by Gasteiger charge is -2.25. The van der Waals surface area contributed by atoms with Crippen molar-refractivity contribution in [2.24, 2.45) is 0 Å². The van der Waals surface area contributed by atoms with Crippen LogP contribution in [0.15, 0.2) is 78.0 Å². The molecule has 0 saturated carbocycles. The van der Waals surface area contributed by atoms with E-state index in [1.165, 1.54) is 17.2 Å². The lowest BCUT2D eigenvalue weighted by molar-refractivity contribution is 0.0984. The molecule has 0 atom stereocenters. The molecule has 32 heavy (non-hydrogen) atoms. The van der Waals surface area contributed by atoms with Crippen LogP contribution in [-0.4, -0.2) is 30.5 Å². The minimum absolute atomic E-state index is 0.0855. The van der Waals surface area contributed by atoms with Crippen molar-refractivity contribution in [3.63, 3.8) is 0 Å². The van der Waals surface area contributed by atoms with E-state index in [1.54, 1.807) is 36.5 Å². The SMILES string of the molecule is Cc1ccc(S(C)(=O)=O)c(N(Cc2ccc3ccc(Cl)nc3c2)C(=O)c2cccnc2)c1. The molecule has 0 aliphatic heterocycles. The first-order valence-electron chi connectivity index (χ1n) is 9.80. The summed E-state index contributed by atoms with van der Waals surface area (Å²) in [5.41, 5.74) is 2.99. The molecule has 0 spiro atoms. The van der Waals surface area contributed by atoms with Crippen LogP contribution in [0.3, 0.4) is 0 Å². The highest BCUT2D eigenvalue weighted by atomic mass is 35.5. The zero-order chi connectivity index (χ0) is 22.9. The van der Waals surface area contributed by atoms with E-state index in [0.29, 0.717) is 21.9 Å². The number of aromatic nitrogens is 2. The van der Waals surface area contributed by atoms with Crippen LogP contribution in [0.1, 0.15) is 21.5 Å². The summed E-state index contributed by atoms with van der Waals surface area (Å²) in [6, 6.07) is 17.5. The van der Waals surface area contributed by atoms with Gasteiger partial charge in [0.05, 0.1) is 28.2 Å². The van der Waals surface area contributed by atoms with E-state index in [4.69, 9.17) is 11.6 Å². The third-order valence-corrected chi connectivity index (χ3v) is 6.38. The predicted molar refractivity (Wildman–Crippen MR) is 126 cm³/mol. The van der Waals surface area contributed by atoms with Gasteiger partial charge in [-0.2, -0.15) is 0 Å². The molecule has 0 unspecified atom stereocenters. The fourth-order valence-corrected chi connectivity index (χ4v) is 4.50. The Kier molecular flexibility index (Phi) is 5.95. The molecular formula is C24H20ClN3O3S. The third kappa shape index (κ3) is 4.64. The van der Waals surface area contributed by atoms with Crippen molar-refractivity contribution in [2.45, 2.75) is 18.4 Å². The number of anilines is 1. The Labute approximate surface area is 191 Å². The van der Waals surface area contributed by atoms with E-state index in [9.17, 15) is 13.2 Å². The zero-order valence-corrected chi connectivity index (χ0v) is 19.1. The van der Waals surface area contributed by atoms with Crippen molar-refractivity contribution in [3.05, 3.63) is 94.9 Å². The lowest BCUT2D eigenvalue weighted by Crippen LogP contribution is -2.32. The number of fused-ring (bicyclic) bond motifs is 1. The fraction of sp³-hybridized carbons (Fsp3) is 0.125. The van der Waals surface area contributed by atoms with Crippen molar-refractivity contribution in [3.8, 4) is 0 Å². The lowest BCUT2D eigenvalue weighted by atomic mass is 10.1. The first kappa shape index (κ1) is 21.9. The van der Waals surface area contributed by atoms with Gasteiger partial charge in [-0.3, -0.25) is 9.78 Å². The molecule has 0 aliphatic carbocycles.